The van der Waals surface area contributed by atoms with Gasteiger partial charge in [0, 0.05) is 37.6 Å². The van der Waals surface area contributed by atoms with Crippen molar-refractivity contribution in [2.24, 2.45) is 56.7 Å². The summed E-state index contributed by atoms with van der Waals surface area (Å²) in [5.41, 5.74) is 0.634. The minimum Gasteiger partial charge on any atom is -0.465 e. The van der Waals surface area contributed by atoms with Crippen LogP contribution in [0.1, 0.15) is 127 Å². The Balaban J connectivity index is 1.50. The molecule has 5 aliphatic rings. The second-order valence-electron chi connectivity index (χ2n) is 16.5. The van der Waals surface area contributed by atoms with Gasteiger partial charge in [0.2, 0.25) is 5.91 Å². The lowest BCUT2D eigenvalue weighted by Gasteiger charge is -2.73. The van der Waals surface area contributed by atoms with E-state index in [1.54, 1.807) is 13.8 Å². The molecule has 0 aromatic rings. The van der Waals surface area contributed by atoms with E-state index in [-0.39, 0.29) is 57.1 Å². The average Bonchev–Trinajstić information content (AvgIpc) is 3.24. The third-order valence-electron chi connectivity index (χ3n) is 14.5. The molecule has 0 spiro atoms. The maximum atomic E-state index is 12.1. The number of ether oxygens (including phenoxy) is 2. The van der Waals surface area contributed by atoms with Crippen LogP contribution in [0.2, 0.25) is 0 Å². The zero-order chi connectivity index (χ0) is 30.2. The lowest BCUT2D eigenvalue weighted by molar-refractivity contribution is -0.253. The van der Waals surface area contributed by atoms with E-state index in [4.69, 9.17) is 9.47 Å². The molecular formula is C35H57NO5. The number of fused-ring (bicyclic) bond motifs is 7. The molecule has 0 aromatic carbocycles. The molecule has 11 atom stereocenters. The van der Waals surface area contributed by atoms with E-state index in [2.05, 4.69) is 46.9 Å². The summed E-state index contributed by atoms with van der Waals surface area (Å²) in [5.74, 6) is 2.30. The molecule has 5 fully saturated rings. The summed E-state index contributed by atoms with van der Waals surface area (Å²) in [6.07, 6.45) is 11.4. The van der Waals surface area contributed by atoms with Crippen LogP contribution in [0.4, 0.5) is 0 Å². The molecule has 0 radical (unpaired) electrons. The SMILES string of the molecule is CC(=O)N[C@@H](C)[C@H]1CC[C@@]2(COC(C)=O)CC[C@]3(C)[C@@H](CC[C@@H]4[C@]5(C)CC[C@H](OC(C)=O)C(C)(C)[C@@H]5CC[C@@]43C)[C@H]12. The molecule has 5 rings (SSSR count). The van der Waals surface area contributed by atoms with Gasteiger partial charge in [-0.25, -0.2) is 0 Å². The molecule has 41 heavy (non-hydrogen) atoms. The van der Waals surface area contributed by atoms with Gasteiger partial charge in [-0.3, -0.25) is 14.4 Å². The highest BCUT2D eigenvalue weighted by atomic mass is 16.5. The number of carbonyl (C=O) groups is 3. The molecule has 0 bridgehead atoms. The number of carbonyl (C=O) groups excluding carboxylic acids is 3. The normalized spacial score (nSPS) is 47.0. The molecular weight excluding hydrogens is 514 g/mol. The van der Waals surface area contributed by atoms with E-state index in [9.17, 15) is 14.4 Å². The first-order valence-electron chi connectivity index (χ1n) is 16.6. The van der Waals surface area contributed by atoms with Crippen molar-refractivity contribution in [1.29, 1.82) is 0 Å². The van der Waals surface area contributed by atoms with Gasteiger partial charge in [0.25, 0.3) is 0 Å². The van der Waals surface area contributed by atoms with Gasteiger partial charge in [-0.1, -0.05) is 34.6 Å². The van der Waals surface area contributed by atoms with E-state index >= 15 is 0 Å². The van der Waals surface area contributed by atoms with Crippen LogP contribution in [0.15, 0.2) is 0 Å². The van der Waals surface area contributed by atoms with E-state index in [0.29, 0.717) is 36.2 Å². The Kier molecular flexibility index (Phi) is 7.72. The number of hydrogen-bond donors (Lipinski definition) is 1. The van der Waals surface area contributed by atoms with E-state index in [1.807, 2.05) is 0 Å². The Morgan fingerprint density at radius 1 is 0.780 bits per heavy atom. The molecule has 6 heteroatoms. The highest BCUT2D eigenvalue weighted by molar-refractivity contribution is 5.73. The fourth-order valence-electron chi connectivity index (χ4n) is 12.7. The van der Waals surface area contributed by atoms with Gasteiger partial charge in [-0.2, -0.15) is 0 Å². The smallest absolute Gasteiger partial charge is 0.302 e. The van der Waals surface area contributed by atoms with Gasteiger partial charge in [-0.05, 0) is 117 Å². The summed E-state index contributed by atoms with van der Waals surface area (Å²) in [7, 11) is 0. The first-order chi connectivity index (χ1) is 19.0. The van der Waals surface area contributed by atoms with Crippen molar-refractivity contribution in [3.8, 4) is 0 Å². The Bertz CT molecular complexity index is 1070. The Morgan fingerprint density at radius 3 is 2.12 bits per heavy atom. The third-order valence-corrected chi connectivity index (χ3v) is 14.5. The number of rotatable bonds is 5. The summed E-state index contributed by atoms with van der Waals surface area (Å²) >= 11 is 0. The zero-order valence-electron chi connectivity index (χ0n) is 27.4. The number of hydrogen-bond acceptors (Lipinski definition) is 5. The maximum Gasteiger partial charge on any atom is 0.302 e. The van der Waals surface area contributed by atoms with Crippen molar-refractivity contribution < 1.29 is 23.9 Å². The summed E-state index contributed by atoms with van der Waals surface area (Å²) in [5, 5.41) is 3.26. The van der Waals surface area contributed by atoms with Gasteiger partial charge in [0.15, 0.2) is 0 Å². The summed E-state index contributed by atoms with van der Waals surface area (Å²) in [6, 6.07) is 0.121. The largest absolute Gasteiger partial charge is 0.465 e. The van der Waals surface area contributed by atoms with Crippen LogP contribution in [0, 0.1) is 56.7 Å². The van der Waals surface area contributed by atoms with Crippen molar-refractivity contribution in [3.05, 3.63) is 0 Å². The summed E-state index contributed by atoms with van der Waals surface area (Å²) in [4.78, 5) is 36.1. The average molecular weight is 572 g/mol. The van der Waals surface area contributed by atoms with Gasteiger partial charge in [-0.15, -0.1) is 0 Å². The highest BCUT2D eigenvalue weighted by Gasteiger charge is 2.71. The molecule has 1 N–H and O–H groups in total. The molecule has 0 unspecified atom stereocenters. The topological polar surface area (TPSA) is 81.7 Å². The van der Waals surface area contributed by atoms with Crippen LogP contribution < -0.4 is 5.32 Å². The predicted molar refractivity (Wildman–Crippen MR) is 160 cm³/mol. The van der Waals surface area contributed by atoms with E-state index in [1.165, 1.54) is 39.0 Å². The van der Waals surface area contributed by atoms with Gasteiger partial charge < -0.3 is 14.8 Å². The molecule has 0 aliphatic heterocycles. The Hall–Kier alpha value is -1.59. The minimum absolute atomic E-state index is 0.000408. The molecule has 0 heterocycles. The van der Waals surface area contributed by atoms with Crippen LogP contribution in [-0.2, 0) is 23.9 Å². The van der Waals surface area contributed by atoms with Crippen molar-refractivity contribution in [1.82, 2.24) is 5.32 Å². The number of amides is 1. The van der Waals surface area contributed by atoms with Crippen LogP contribution in [0.3, 0.4) is 0 Å². The number of esters is 2. The zero-order valence-corrected chi connectivity index (χ0v) is 27.4. The fraction of sp³-hybridized carbons (Fsp3) is 0.914. The monoisotopic (exact) mass is 571 g/mol. The second-order valence-corrected chi connectivity index (χ2v) is 16.5. The van der Waals surface area contributed by atoms with E-state index < -0.39 is 0 Å². The molecule has 6 nitrogen and oxygen atoms in total. The van der Waals surface area contributed by atoms with Crippen LogP contribution in [-0.4, -0.2) is 36.6 Å². The first kappa shape index (κ1) is 30.9. The molecule has 0 aromatic heterocycles. The van der Waals surface area contributed by atoms with E-state index in [0.717, 1.165) is 32.1 Å². The van der Waals surface area contributed by atoms with Crippen LogP contribution in [0.5, 0.6) is 0 Å². The highest BCUT2D eigenvalue weighted by Crippen LogP contribution is 2.77. The van der Waals surface area contributed by atoms with Crippen LogP contribution in [0.25, 0.3) is 0 Å². The fourth-order valence-corrected chi connectivity index (χ4v) is 12.7. The third kappa shape index (κ3) is 4.58. The quantitative estimate of drug-likeness (QED) is 0.356. The lowest BCUT2D eigenvalue weighted by Crippen LogP contribution is -2.67. The van der Waals surface area contributed by atoms with Crippen molar-refractivity contribution in [2.75, 3.05) is 6.61 Å². The van der Waals surface area contributed by atoms with Crippen molar-refractivity contribution >= 4 is 17.8 Å². The van der Waals surface area contributed by atoms with Crippen molar-refractivity contribution in [2.45, 2.75) is 139 Å². The Labute approximate surface area is 248 Å². The molecule has 5 aliphatic carbocycles. The first-order valence-corrected chi connectivity index (χ1v) is 16.6. The van der Waals surface area contributed by atoms with Crippen LogP contribution >= 0.6 is 0 Å². The summed E-state index contributed by atoms with van der Waals surface area (Å²) < 4.78 is 11.7. The van der Waals surface area contributed by atoms with Gasteiger partial charge in [0.05, 0.1) is 6.61 Å². The van der Waals surface area contributed by atoms with Gasteiger partial charge >= 0.3 is 11.9 Å². The predicted octanol–water partition coefficient (Wildman–Crippen LogP) is 7.09. The molecule has 5 saturated carbocycles. The van der Waals surface area contributed by atoms with Gasteiger partial charge in [0.1, 0.15) is 6.10 Å². The summed E-state index contributed by atoms with van der Waals surface area (Å²) in [6.45, 7) is 20.0. The minimum atomic E-state index is -0.182. The second kappa shape index (κ2) is 10.3. The molecule has 1 amide bonds. The lowest BCUT2D eigenvalue weighted by atomic mass is 9.32. The Morgan fingerprint density at radius 2 is 1.49 bits per heavy atom. The standard InChI is InChI=1S/C35H57NO5/c1-21(36-22(2)37)25-12-17-35(20-40-23(3)38)19-18-33(8)26(30(25)35)10-11-28-32(7)15-14-29(41-24(4)39)31(5,6)27(32)13-16-34(28,33)9/h21,25-30H,10-20H2,1-9H3,(H,36,37)/t21-,25+,26-,27-,28+,29-,30-,32+,33+,34-,35-/m0/s1. The molecule has 232 valence electrons. The number of nitrogens with one attached hydrogen (secondary N) is 1. The maximum absolute atomic E-state index is 12.1. The van der Waals surface area contributed by atoms with Crippen molar-refractivity contribution in [3.63, 3.8) is 0 Å². The molecule has 0 saturated heterocycles.